The lowest BCUT2D eigenvalue weighted by molar-refractivity contribution is -0.385. The van der Waals surface area contributed by atoms with Crippen LogP contribution in [0, 0.1) is 24.0 Å². The molecule has 3 aromatic rings. The number of nitro benzene ring substituents is 1. The number of nitrogens with one attached hydrogen (secondary N) is 1. The second-order valence-corrected chi connectivity index (χ2v) is 9.79. The van der Waals surface area contributed by atoms with Crippen LogP contribution in [-0.2, 0) is 11.4 Å². The Labute approximate surface area is 220 Å². The van der Waals surface area contributed by atoms with E-state index in [-0.39, 0.29) is 34.4 Å². The lowest BCUT2D eigenvalue weighted by atomic mass is 10.1. The van der Waals surface area contributed by atoms with Crippen LogP contribution in [0.4, 0.5) is 11.4 Å². The summed E-state index contributed by atoms with van der Waals surface area (Å²) in [7, 11) is 1.46. The average Bonchev–Trinajstić information content (AvgIpc) is 3.19. The number of methoxy groups -OCH3 is 1. The summed E-state index contributed by atoms with van der Waals surface area (Å²) in [6, 6.07) is 16.1. The molecule has 1 heterocycles. The number of amides is 1. The third-order valence-corrected chi connectivity index (χ3v) is 7.50. The Morgan fingerprint density at radius 3 is 2.44 bits per heavy atom. The van der Waals surface area contributed by atoms with Crippen molar-refractivity contribution in [2.45, 2.75) is 20.5 Å². The zero-order valence-electron chi connectivity index (χ0n) is 19.7. The summed E-state index contributed by atoms with van der Waals surface area (Å²) in [5.41, 5.74) is 3.68. The van der Waals surface area contributed by atoms with E-state index in [9.17, 15) is 14.9 Å². The van der Waals surface area contributed by atoms with Crippen molar-refractivity contribution in [3.63, 3.8) is 0 Å². The monoisotopic (exact) mass is 567 g/mol. The van der Waals surface area contributed by atoms with E-state index in [1.807, 2.05) is 56.3 Å². The van der Waals surface area contributed by atoms with Crippen molar-refractivity contribution in [3.8, 4) is 11.5 Å². The maximum Gasteiger partial charge on any atom is 0.280 e. The molecular weight excluding hydrogens is 546 g/mol. The number of rotatable bonds is 7. The topological polar surface area (TPSA) is 103 Å². The lowest BCUT2D eigenvalue weighted by Gasteiger charge is -2.12. The van der Waals surface area contributed by atoms with Crippen LogP contribution in [0.2, 0.25) is 0 Å². The molecule has 1 aliphatic heterocycles. The number of hydrogen-bond acceptors (Lipinski definition) is 7. The van der Waals surface area contributed by atoms with Crippen LogP contribution < -0.4 is 14.8 Å². The predicted octanol–water partition coefficient (Wildman–Crippen LogP) is 6.45. The second kappa shape index (κ2) is 11.0. The van der Waals surface area contributed by atoms with Crippen LogP contribution in [-0.4, -0.2) is 23.1 Å². The Bertz CT molecular complexity index is 1380. The van der Waals surface area contributed by atoms with Gasteiger partial charge < -0.3 is 14.8 Å². The smallest absolute Gasteiger partial charge is 0.280 e. The maximum atomic E-state index is 12.6. The summed E-state index contributed by atoms with van der Waals surface area (Å²) in [5.74, 6) is 0.172. The van der Waals surface area contributed by atoms with Gasteiger partial charge >= 0.3 is 0 Å². The molecule has 36 heavy (non-hydrogen) atoms. The van der Waals surface area contributed by atoms with Gasteiger partial charge in [-0.15, -0.1) is 0 Å². The van der Waals surface area contributed by atoms with Crippen LogP contribution in [0.5, 0.6) is 11.5 Å². The van der Waals surface area contributed by atoms with Crippen molar-refractivity contribution in [1.29, 1.82) is 0 Å². The zero-order chi connectivity index (χ0) is 25.8. The van der Waals surface area contributed by atoms with Gasteiger partial charge in [0.15, 0.2) is 16.7 Å². The number of aliphatic imine (C=N–C) groups is 1. The summed E-state index contributed by atoms with van der Waals surface area (Å²) < 4.78 is 12.2. The number of nitrogens with zero attached hydrogens (tertiary/aromatic N) is 2. The van der Waals surface area contributed by atoms with E-state index in [4.69, 9.17) is 9.47 Å². The highest BCUT2D eigenvalue weighted by Crippen LogP contribution is 2.38. The van der Waals surface area contributed by atoms with E-state index in [2.05, 4.69) is 26.2 Å². The molecule has 0 atom stereocenters. The van der Waals surface area contributed by atoms with Gasteiger partial charge in [0.1, 0.15) is 6.61 Å². The van der Waals surface area contributed by atoms with E-state index in [1.54, 1.807) is 0 Å². The van der Waals surface area contributed by atoms with E-state index in [1.165, 1.54) is 25.3 Å². The van der Waals surface area contributed by atoms with Gasteiger partial charge in [0.05, 0.1) is 34.3 Å². The number of halogens is 1. The number of hydrogen-bond donors (Lipinski definition) is 1. The zero-order valence-corrected chi connectivity index (χ0v) is 22.1. The molecule has 1 fully saturated rings. The molecule has 0 saturated carbocycles. The van der Waals surface area contributed by atoms with Crippen molar-refractivity contribution < 1.29 is 19.2 Å². The number of carbonyl (C=O) groups excluding carboxylic acids is 1. The highest BCUT2D eigenvalue weighted by Gasteiger charge is 2.26. The number of benzene rings is 3. The molecule has 10 heteroatoms. The van der Waals surface area contributed by atoms with Gasteiger partial charge in [-0.1, -0.05) is 46.3 Å². The highest BCUT2D eigenvalue weighted by atomic mass is 79.9. The molecule has 0 aromatic heterocycles. The average molecular weight is 568 g/mol. The van der Waals surface area contributed by atoms with E-state index in [0.717, 1.165) is 32.9 Å². The lowest BCUT2D eigenvalue weighted by Crippen LogP contribution is -2.19. The number of aryl methyl sites for hydroxylation is 2. The molecule has 1 amide bonds. The second-order valence-electron chi connectivity index (χ2n) is 7.97. The van der Waals surface area contributed by atoms with Gasteiger partial charge in [0, 0.05) is 4.47 Å². The first-order chi connectivity index (χ1) is 17.2. The molecule has 0 aliphatic carbocycles. The van der Waals surface area contributed by atoms with Crippen LogP contribution >= 0.6 is 27.7 Å². The van der Waals surface area contributed by atoms with Crippen LogP contribution in [0.1, 0.15) is 22.3 Å². The molecule has 0 bridgehead atoms. The number of nitro groups is 1. The summed E-state index contributed by atoms with van der Waals surface area (Å²) in [5, 5.41) is 15.0. The molecule has 8 nitrogen and oxygen atoms in total. The molecule has 1 N–H and O–H groups in total. The Hall–Kier alpha value is -3.63. The van der Waals surface area contributed by atoms with Crippen LogP contribution in [0.15, 0.2) is 69.0 Å². The first kappa shape index (κ1) is 25.5. The standard InChI is InChI=1S/C26H22BrN3O5S/c1-15-9-19(10-16(2)24(15)27)28-26-29-25(31)23(36-26)12-18-11-21(34-3)22(13-20(18)30(32)33)35-14-17-7-5-4-6-8-17/h4-13H,14H2,1-3H3,(H,28,29,31)/b23-12-. The molecule has 1 saturated heterocycles. The Kier molecular flexibility index (Phi) is 7.76. The largest absolute Gasteiger partial charge is 0.493 e. The van der Waals surface area contributed by atoms with Crippen molar-refractivity contribution in [2.75, 3.05) is 7.11 Å². The minimum atomic E-state index is -0.513. The van der Waals surface area contributed by atoms with E-state index in [0.29, 0.717) is 16.6 Å². The minimum absolute atomic E-state index is 0.204. The predicted molar refractivity (Wildman–Crippen MR) is 145 cm³/mol. The number of thioether (sulfide) groups is 1. The highest BCUT2D eigenvalue weighted by molar-refractivity contribution is 9.10. The Balaban J connectivity index is 1.63. The molecule has 0 unspecified atom stereocenters. The van der Waals surface area contributed by atoms with Crippen molar-refractivity contribution in [2.24, 2.45) is 4.99 Å². The maximum absolute atomic E-state index is 12.6. The Morgan fingerprint density at radius 2 is 1.81 bits per heavy atom. The molecule has 4 rings (SSSR count). The summed E-state index contributed by atoms with van der Waals surface area (Å²) in [6.07, 6.45) is 1.46. The van der Waals surface area contributed by atoms with Crippen molar-refractivity contribution in [3.05, 3.63) is 96.3 Å². The number of amidine groups is 1. The first-order valence-electron chi connectivity index (χ1n) is 10.8. The third-order valence-electron chi connectivity index (χ3n) is 5.34. The van der Waals surface area contributed by atoms with Gasteiger partial charge in [-0.2, -0.15) is 0 Å². The normalized spacial score (nSPS) is 15.3. The molecular formula is C26H22BrN3O5S. The number of ether oxygens (including phenoxy) is 2. The fourth-order valence-corrected chi connectivity index (χ4v) is 4.63. The van der Waals surface area contributed by atoms with Crippen molar-refractivity contribution >= 4 is 56.2 Å². The fraction of sp³-hybridized carbons (Fsp3) is 0.154. The number of carbonyl (C=O) groups is 1. The quantitative estimate of drug-likeness (QED) is 0.200. The molecule has 3 aromatic carbocycles. The third kappa shape index (κ3) is 5.77. The van der Waals surface area contributed by atoms with E-state index < -0.39 is 4.92 Å². The summed E-state index contributed by atoms with van der Waals surface area (Å²) in [4.78, 5) is 28.8. The van der Waals surface area contributed by atoms with Gasteiger partial charge in [-0.25, -0.2) is 4.99 Å². The van der Waals surface area contributed by atoms with Gasteiger partial charge in [0.25, 0.3) is 11.6 Å². The van der Waals surface area contributed by atoms with Crippen molar-refractivity contribution in [1.82, 2.24) is 5.32 Å². The minimum Gasteiger partial charge on any atom is -0.493 e. The van der Waals surface area contributed by atoms with Gasteiger partial charge in [-0.05, 0) is 66.6 Å². The van der Waals surface area contributed by atoms with Gasteiger partial charge in [0.2, 0.25) is 0 Å². The first-order valence-corrected chi connectivity index (χ1v) is 12.5. The molecule has 0 radical (unpaired) electrons. The van der Waals surface area contributed by atoms with E-state index >= 15 is 0 Å². The Morgan fingerprint density at radius 1 is 1.11 bits per heavy atom. The molecule has 1 aliphatic rings. The summed E-state index contributed by atoms with van der Waals surface area (Å²) >= 11 is 4.65. The molecule has 0 spiro atoms. The SMILES string of the molecule is COc1cc(/C=C2\SC(=Nc3cc(C)c(Br)c(C)c3)NC2=O)c([N+](=O)[O-])cc1OCc1ccccc1. The summed E-state index contributed by atoms with van der Waals surface area (Å²) in [6.45, 7) is 4.15. The van der Waals surface area contributed by atoms with Crippen LogP contribution in [0.3, 0.4) is 0 Å². The van der Waals surface area contributed by atoms with Gasteiger partial charge in [-0.3, -0.25) is 14.9 Å². The molecule has 184 valence electrons. The fourth-order valence-electron chi connectivity index (χ4n) is 3.57. The van der Waals surface area contributed by atoms with Crippen LogP contribution in [0.25, 0.3) is 6.08 Å².